The molecule has 0 unspecified atom stereocenters. The Kier molecular flexibility index (Phi) is 5.58. The maximum atomic E-state index is 12.0. The van der Waals surface area contributed by atoms with Crippen molar-refractivity contribution in [3.8, 4) is 0 Å². The van der Waals surface area contributed by atoms with Crippen LogP contribution >= 0.6 is 23.2 Å². The molecule has 2 aliphatic rings. The first-order chi connectivity index (χ1) is 12.8. The fourth-order valence-corrected chi connectivity index (χ4v) is 3.55. The molecule has 1 aromatic carbocycles. The summed E-state index contributed by atoms with van der Waals surface area (Å²) in [7, 11) is 0. The van der Waals surface area contributed by atoms with Crippen LogP contribution in [0.1, 0.15) is 31.4 Å². The van der Waals surface area contributed by atoms with Gasteiger partial charge in [0.1, 0.15) is 12.3 Å². The van der Waals surface area contributed by atoms with E-state index in [1.54, 1.807) is 18.2 Å². The number of benzene rings is 1. The van der Waals surface area contributed by atoms with Gasteiger partial charge in [0.2, 0.25) is 5.91 Å². The standard InChI is InChI=1S/C19H17Cl2N3O3/c1-9(2)12-5-11(22-8-17(12)26)6-13-14(20)3-10(4-15(13)21)19-16(25)7-18(27)23-24-19/h3-5,9H,6-8H2,1-2H3,(H,23,27). The number of carbonyl (C=O) groups is 3. The largest absolute Gasteiger partial charge is 0.292 e. The van der Waals surface area contributed by atoms with E-state index in [1.165, 1.54) is 0 Å². The monoisotopic (exact) mass is 405 g/mol. The summed E-state index contributed by atoms with van der Waals surface area (Å²) in [6, 6.07) is 3.19. The van der Waals surface area contributed by atoms with Crippen molar-refractivity contribution < 1.29 is 14.4 Å². The zero-order valence-corrected chi connectivity index (χ0v) is 16.3. The van der Waals surface area contributed by atoms with Crippen LogP contribution in [0.5, 0.6) is 0 Å². The molecule has 0 aromatic heterocycles. The molecule has 0 bridgehead atoms. The number of amides is 1. The molecule has 8 heteroatoms. The van der Waals surface area contributed by atoms with Gasteiger partial charge < -0.3 is 0 Å². The van der Waals surface area contributed by atoms with Crippen molar-refractivity contribution in [3.05, 3.63) is 45.0 Å². The van der Waals surface area contributed by atoms with E-state index in [4.69, 9.17) is 23.2 Å². The van der Waals surface area contributed by atoms with Crippen LogP contribution in [-0.2, 0) is 20.8 Å². The second-order valence-corrected chi connectivity index (χ2v) is 7.49. The number of aliphatic imine (C=N–C) groups is 1. The Morgan fingerprint density at radius 2 is 1.78 bits per heavy atom. The zero-order chi connectivity index (χ0) is 19.7. The van der Waals surface area contributed by atoms with Crippen LogP contribution < -0.4 is 5.43 Å². The van der Waals surface area contributed by atoms with Gasteiger partial charge in [0.15, 0.2) is 11.6 Å². The van der Waals surface area contributed by atoms with Gasteiger partial charge in [0.05, 0.1) is 6.42 Å². The van der Waals surface area contributed by atoms with Crippen LogP contribution in [0.4, 0.5) is 0 Å². The summed E-state index contributed by atoms with van der Waals surface area (Å²) >= 11 is 12.8. The molecule has 0 radical (unpaired) electrons. The quantitative estimate of drug-likeness (QED) is 0.780. The Morgan fingerprint density at radius 1 is 1.11 bits per heavy atom. The van der Waals surface area contributed by atoms with Crippen LogP contribution in [-0.4, -0.2) is 35.4 Å². The van der Waals surface area contributed by atoms with Gasteiger partial charge in [-0.1, -0.05) is 37.0 Å². The predicted octanol–water partition coefficient (Wildman–Crippen LogP) is 2.94. The minimum atomic E-state index is -0.449. The molecule has 0 saturated carbocycles. The van der Waals surface area contributed by atoms with Crippen molar-refractivity contribution in [2.45, 2.75) is 26.7 Å². The average Bonchev–Trinajstić information content (AvgIpc) is 2.59. The third-order valence-corrected chi connectivity index (χ3v) is 5.02. The van der Waals surface area contributed by atoms with Gasteiger partial charge in [-0.25, -0.2) is 5.43 Å². The zero-order valence-electron chi connectivity index (χ0n) is 14.8. The molecule has 0 atom stereocenters. The van der Waals surface area contributed by atoms with Gasteiger partial charge in [-0.3, -0.25) is 19.4 Å². The van der Waals surface area contributed by atoms with Crippen LogP contribution in [0.25, 0.3) is 0 Å². The summed E-state index contributed by atoms with van der Waals surface area (Å²) in [5.74, 6) is -0.701. The molecule has 0 saturated heterocycles. The molecule has 0 spiro atoms. The number of hydrazone groups is 1. The molecule has 1 amide bonds. The Labute approximate surface area is 166 Å². The van der Waals surface area contributed by atoms with Crippen molar-refractivity contribution in [1.29, 1.82) is 0 Å². The smallest absolute Gasteiger partial charge is 0.247 e. The van der Waals surface area contributed by atoms with Crippen LogP contribution in [0, 0.1) is 5.92 Å². The summed E-state index contributed by atoms with van der Waals surface area (Å²) < 4.78 is 0. The highest BCUT2D eigenvalue weighted by atomic mass is 35.5. The lowest BCUT2D eigenvalue weighted by Gasteiger charge is -2.17. The molecule has 2 aliphatic heterocycles. The van der Waals surface area contributed by atoms with Crippen molar-refractivity contribution in [3.63, 3.8) is 0 Å². The van der Waals surface area contributed by atoms with E-state index >= 15 is 0 Å². The summed E-state index contributed by atoms with van der Waals surface area (Å²) in [6.45, 7) is 4.04. The maximum Gasteiger partial charge on any atom is 0.247 e. The number of nitrogens with zero attached hydrogens (tertiary/aromatic N) is 2. The van der Waals surface area contributed by atoms with E-state index in [9.17, 15) is 14.4 Å². The lowest BCUT2D eigenvalue weighted by Crippen LogP contribution is -2.33. The summed E-state index contributed by atoms with van der Waals surface area (Å²) in [5.41, 5.74) is 4.97. The van der Waals surface area contributed by atoms with E-state index in [0.717, 1.165) is 11.3 Å². The van der Waals surface area contributed by atoms with Crippen molar-refractivity contribution in [2.24, 2.45) is 16.0 Å². The lowest BCUT2D eigenvalue weighted by molar-refractivity contribution is -0.126. The minimum Gasteiger partial charge on any atom is -0.292 e. The third kappa shape index (κ3) is 4.17. The maximum absolute atomic E-state index is 12.0. The van der Waals surface area contributed by atoms with Crippen molar-refractivity contribution >= 4 is 52.1 Å². The summed E-state index contributed by atoms with van der Waals surface area (Å²) in [4.78, 5) is 39.5. The topological polar surface area (TPSA) is 88.0 Å². The molecule has 0 aliphatic carbocycles. The fourth-order valence-electron chi connectivity index (χ4n) is 2.93. The first kappa shape index (κ1) is 19.5. The predicted molar refractivity (Wildman–Crippen MR) is 105 cm³/mol. The lowest BCUT2D eigenvalue weighted by atomic mass is 9.93. The second kappa shape index (κ2) is 7.74. The molecule has 1 N–H and O–H groups in total. The van der Waals surface area contributed by atoms with Crippen molar-refractivity contribution in [1.82, 2.24) is 5.43 Å². The minimum absolute atomic E-state index is 0.0251. The first-order valence-corrected chi connectivity index (χ1v) is 9.18. The number of ketones is 2. The number of halogens is 2. The number of allylic oxidation sites excluding steroid dienone is 1. The Morgan fingerprint density at radius 3 is 2.37 bits per heavy atom. The van der Waals surface area contributed by atoms with E-state index in [-0.39, 0.29) is 30.4 Å². The Balaban J connectivity index is 1.90. The average molecular weight is 406 g/mol. The van der Waals surface area contributed by atoms with Gasteiger partial charge in [-0.05, 0) is 29.7 Å². The molecule has 140 valence electrons. The summed E-state index contributed by atoms with van der Waals surface area (Å²) in [5, 5.41) is 4.54. The van der Waals surface area contributed by atoms with Gasteiger partial charge in [0, 0.05) is 33.3 Å². The van der Waals surface area contributed by atoms with Gasteiger partial charge in [0.25, 0.3) is 0 Å². The van der Waals surface area contributed by atoms with E-state index in [0.29, 0.717) is 27.6 Å². The van der Waals surface area contributed by atoms with Crippen LogP contribution in [0.3, 0.4) is 0 Å². The Hall–Kier alpha value is -2.31. The van der Waals surface area contributed by atoms with E-state index in [1.807, 2.05) is 13.8 Å². The normalized spacial score (nSPS) is 17.5. The van der Waals surface area contributed by atoms with E-state index in [2.05, 4.69) is 15.5 Å². The van der Waals surface area contributed by atoms with E-state index < -0.39 is 11.7 Å². The fraction of sp³-hybridized carbons (Fsp3) is 0.316. The number of hydrogen-bond donors (Lipinski definition) is 1. The SMILES string of the molecule is CC(C)C1=CC(Cc2c(Cl)cc(C3=NNC(=O)CC3=O)cc2Cl)=NCC1=O. The van der Waals surface area contributed by atoms with Gasteiger partial charge in [-0.15, -0.1) is 0 Å². The summed E-state index contributed by atoms with van der Waals surface area (Å²) in [6.07, 6.45) is 1.91. The van der Waals surface area contributed by atoms with Crippen LogP contribution in [0.15, 0.2) is 33.9 Å². The highest BCUT2D eigenvalue weighted by Crippen LogP contribution is 2.29. The molecule has 6 nitrogen and oxygen atoms in total. The molecular formula is C19H17Cl2N3O3. The molecule has 1 aromatic rings. The van der Waals surface area contributed by atoms with Gasteiger partial charge >= 0.3 is 0 Å². The first-order valence-electron chi connectivity index (χ1n) is 8.42. The van der Waals surface area contributed by atoms with Crippen LogP contribution in [0.2, 0.25) is 10.0 Å². The Bertz CT molecular complexity index is 923. The molecule has 27 heavy (non-hydrogen) atoms. The number of rotatable bonds is 4. The van der Waals surface area contributed by atoms with Gasteiger partial charge in [-0.2, -0.15) is 5.10 Å². The van der Waals surface area contributed by atoms with Crippen molar-refractivity contribution in [2.75, 3.05) is 6.54 Å². The highest BCUT2D eigenvalue weighted by molar-refractivity contribution is 6.50. The third-order valence-electron chi connectivity index (χ3n) is 4.34. The number of dihydropyridines is 1. The molecule has 3 rings (SSSR count). The molecule has 2 heterocycles. The molecular weight excluding hydrogens is 389 g/mol. The number of nitrogens with one attached hydrogen (secondary N) is 1. The number of carbonyl (C=O) groups excluding carboxylic acids is 3. The second-order valence-electron chi connectivity index (χ2n) is 6.68. The molecule has 0 fully saturated rings. The highest BCUT2D eigenvalue weighted by Gasteiger charge is 2.25. The number of Topliss-reactive ketones (excluding diaryl/α,β-unsaturated/α-hetero) is 2. The number of hydrogen-bond acceptors (Lipinski definition) is 5.